The lowest BCUT2D eigenvalue weighted by Gasteiger charge is -2.11. The van der Waals surface area contributed by atoms with Gasteiger partial charge in [0, 0.05) is 30.1 Å². The van der Waals surface area contributed by atoms with Gasteiger partial charge in [0.2, 0.25) is 5.91 Å². The molecular formula is C20H21N5O2. The van der Waals surface area contributed by atoms with Crippen molar-refractivity contribution in [3.63, 3.8) is 0 Å². The van der Waals surface area contributed by atoms with E-state index < -0.39 is 0 Å². The van der Waals surface area contributed by atoms with E-state index in [0.717, 1.165) is 22.8 Å². The van der Waals surface area contributed by atoms with E-state index in [9.17, 15) is 4.79 Å². The SMILES string of the molecule is COc1ccc(Nc2cc(Nc3ccc(NC(C)=O)cc3)nc(C)n2)cc1. The molecule has 0 bridgehead atoms. The minimum atomic E-state index is -0.101. The number of aryl methyl sites for hydroxylation is 1. The fourth-order valence-corrected chi connectivity index (χ4v) is 2.51. The minimum Gasteiger partial charge on any atom is -0.497 e. The van der Waals surface area contributed by atoms with Crippen LogP contribution < -0.4 is 20.7 Å². The molecule has 0 aliphatic heterocycles. The van der Waals surface area contributed by atoms with Crippen molar-refractivity contribution in [3.05, 3.63) is 60.4 Å². The van der Waals surface area contributed by atoms with Gasteiger partial charge in [0.15, 0.2) is 0 Å². The Hall–Kier alpha value is -3.61. The summed E-state index contributed by atoms with van der Waals surface area (Å²) in [4.78, 5) is 19.9. The summed E-state index contributed by atoms with van der Waals surface area (Å²) in [5, 5.41) is 9.24. The van der Waals surface area contributed by atoms with Gasteiger partial charge < -0.3 is 20.7 Å². The summed E-state index contributed by atoms with van der Waals surface area (Å²) in [5.41, 5.74) is 2.51. The maximum Gasteiger partial charge on any atom is 0.221 e. The van der Waals surface area contributed by atoms with Crippen LogP contribution in [-0.4, -0.2) is 23.0 Å². The van der Waals surface area contributed by atoms with Gasteiger partial charge in [-0.1, -0.05) is 0 Å². The van der Waals surface area contributed by atoms with Crippen molar-refractivity contribution in [2.45, 2.75) is 13.8 Å². The third kappa shape index (κ3) is 5.18. The molecule has 138 valence electrons. The Morgan fingerprint density at radius 1 is 0.852 bits per heavy atom. The van der Waals surface area contributed by atoms with E-state index in [2.05, 4.69) is 25.9 Å². The van der Waals surface area contributed by atoms with Crippen LogP contribution >= 0.6 is 0 Å². The molecule has 1 amide bonds. The summed E-state index contributed by atoms with van der Waals surface area (Å²) in [6, 6.07) is 16.8. The number of hydrogen-bond acceptors (Lipinski definition) is 6. The predicted molar refractivity (Wildman–Crippen MR) is 107 cm³/mol. The number of nitrogens with one attached hydrogen (secondary N) is 3. The first-order valence-electron chi connectivity index (χ1n) is 8.43. The second kappa shape index (κ2) is 8.18. The van der Waals surface area contributed by atoms with Crippen molar-refractivity contribution >= 4 is 34.6 Å². The number of amides is 1. The average Bonchev–Trinajstić information content (AvgIpc) is 2.63. The van der Waals surface area contributed by atoms with E-state index >= 15 is 0 Å². The van der Waals surface area contributed by atoms with Gasteiger partial charge in [-0.2, -0.15) is 0 Å². The molecule has 0 aliphatic carbocycles. The first-order valence-corrected chi connectivity index (χ1v) is 8.43. The number of nitrogens with zero attached hydrogens (tertiary/aromatic N) is 2. The molecule has 2 aromatic carbocycles. The summed E-state index contributed by atoms with van der Waals surface area (Å²) in [6.07, 6.45) is 0. The minimum absolute atomic E-state index is 0.101. The third-order valence-corrected chi connectivity index (χ3v) is 3.68. The van der Waals surface area contributed by atoms with Gasteiger partial charge in [0.05, 0.1) is 7.11 Å². The number of anilines is 5. The molecule has 0 aliphatic rings. The number of benzene rings is 2. The summed E-state index contributed by atoms with van der Waals surface area (Å²) >= 11 is 0. The van der Waals surface area contributed by atoms with Crippen LogP contribution in [-0.2, 0) is 4.79 Å². The van der Waals surface area contributed by atoms with Crippen molar-refractivity contribution in [2.75, 3.05) is 23.1 Å². The number of carbonyl (C=O) groups excluding carboxylic acids is 1. The monoisotopic (exact) mass is 363 g/mol. The zero-order valence-corrected chi connectivity index (χ0v) is 15.4. The normalized spacial score (nSPS) is 10.2. The second-order valence-electron chi connectivity index (χ2n) is 5.92. The highest BCUT2D eigenvalue weighted by Crippen LogP contribution is 2.23. The molecule has 3 N–H and O–H groups in total. The molecule has 3 aromatic rings. The van der Waals surface area contributed by atoms with Crippen LogP contribution in [0.2, 0.25) is 0 Å². The van der Waals surface area contributed by atoms with Crippen molar-refractivity contribution in [1.29, 1.82) is 0 Å². The van der Waals surface area contributed by atoms with Crippen molar-refractivity contribution in [2.24, 2.45) is 0 Å². The Balaban J connectivity index is 1.73. The van der Waals surface area contributed by atoms with Gasteiger partial charge in [-0.05, 0) is 55.5 Å². The molecular weight excluding hydrogens is 342 g/mol. The predicted octanol–water partition coefficient (Wildman–Crippen LogP) is 4.24. The maximum atomic E-state index is 11.1. The summed E-state index contributed by atoms with van der Waals surface area (Å²) in [5.74, 6) is 2.70. The molecule has 0 spiro atoms. The van der Waals surface area contributed by atoms with E-state index in [1.54, 1.807) is 7.11 Å². The van der Waals surface area contributed by atoms with Gasteiger partial charge in [-0.3, -0.25) is 4.79 Å². The number of rotatable bonds is 6. The Bertz CT molecular complexity index is 924. The number of hydrogen-bond donors (Lipinski definition) is 3. The number of methoxy groups -OCH3 is 1. The van der Waals surface area contributed by atoms with Crippen molar-refractivity contribution < 1.29 is 9.53 Å². The van der Waals surface area contributed by atoms with E-state index in [-0.39, 0.29) is 5.91 Å². The zero-order chi connectivity index (χ0) is 19.2. The van der Waals surface area contributed by atoms with Crippen molar-refractivity contribution in [3.8, 4) is 5.75 Å². The molecule has 0 saturated carbocycles. The van der Waals surface area contributed by atoms with Crippen LogP contribution in [0.5, 0.6) is 5.75 Å². The molecule has 7 heteroatoms. The van der Waals surface area contributed by atoms with Crippen molar-refractivity contribution in [1.82, 2.24) is 9.97 Å². The smallest absolute Gasteiger partial charge is 0.221 e. The number of ether oxygens (including phenoxy) is 1. The number of carbonyl (C=O) groups is 1. The molecule has 0 atom stereocenters. The van der Waals surface area contributed by atoms with E-state index in [4.69, 9.17) is 4.74 Å². The first-order chi connectivity index (χ1) is 13.0. The largest absolute Gasteiger partial charge is 0.497 e. The number of aromatic nitrogens is 2. The highest BCUT2D eigenvalue weighted by Gasteiger charge is 2.04. The Morgan fingerprint density at radius 3 is 1.81 bits per heavy atom. The van der Waals surface area contributed by atoms with Gasteiger partial charge in [0.25, 0.3) is 0 Å². The maximum absolute atomic E-state index is 11.1. The lowest BCUT2D eigenvalue weighted by molar-refractivity contribution is -0.114. The van der Waals surface area contributed by atoms with Crippen LogP contribution in [0.25, 0.3) is 0 Å². The van der Waals surface area contributed by atoms with Gasteiger partial charge >= 0.3 is 0 Å². The Labute approximate surface area is 157 Å². The van der Waals surface area contributed by atoms with Gasteiger partial charge in [-0.25, -0.2) is 9.97 Å². The summed E-state index contributed by atoms with van der Waals surface area (Å²) < 4.78 is 5.17. The standard InChI is InChI=1S/C20H21N5O2/c1-13-21-19(24-16-6-4-15(5-7-16)23-14(2)26)12-20(22-13)25-17-8-10-18(27-3)11-9-17/h4-12H,1-3H3,(H,23,26)(H2,21,22,24,25). The first kappa shape index (κ1) is 18.2. The van der Waals surface area contributed by atoms with Crippen LogP contribution in [0, 0.1) is 6.92 Å². The fraction of sp³-hybridized carbons (Fsp3) is 0.150. The lowest BCUT2D eigenvalue weighted by atomic mass is 10.2. The van der Waals surface area contributed by atoms with Crippen LogP contribution in [0.4, 0.5) is 28.7 Å². The van der Waals surface area contributed by atoms with E-state index in [0.29, 0.717) is 17.5 Å². The molecule has 7 nitrogen and oxygen atoms in total. The van der Waals surface area contributed by atoms with Gasteiger partial charge in [0.1, 0.15) is 23.2 Å². The zero-order valence-electron chi connectivity index (χ0n) is 15.4. The van der Waals surface area contributed by atoms with Crippen LogP contribution in [0.1, 0.15) is 12.7 Å². The molecule has 1 aromatic heterocycles. The summed E-state index contributed by atoms with van der Waals surface area (Å²) in [6.45, 7) is 3.32. The molecule has 1 heterocycles. The molecule has 0 saturated heterocycles. The molecule has 0 radical (unpaired) electrons. The molecule has 27 heavy (non-hydrogen) atoms. The van der Waals surface area contributed by atoms with Crippen LogP contribution in [0.15, 0.2) is 54.6 Å². The molecule has 0 unspecified atom stereocenters. The van der Waals surface area contributed by atoms with E-state index in [1.165, 1.54) is 6.92 Å². The second-order valence-corrected chi connectivity index (χ2v) is 5.92. The Kier molecular flexibility index (Phi) is 5.51. The Morgan fingerprint density at radius 2 is 1.33 bits per heavy atom. The van der Waals surface area contributed by atoms with Gasteiger partial charge in [-0.15, -0.1) is 0 Å². The molecule has 0 fully saturated rings. The highest BCUT2D eigenvalue weighted by atomic mass is 16.5. The quantitative estimate of drug-likeness (QED) is 0.607. The van der Waals surface area contributed by atoms with E-state index in [1.807, 2.05) is 61.5 Å². The third-order valence-electron chi connectivity index (χ3n) is 3.68. The molecule has 3 rings (SSSR count). The fourth-order valence-electron chi connectivity index (χ4n) is 2.51. The highest BCUT2D eigenvalue weighted by molar-refractivity contribution is 5.88. The summed E-state index contributed by atoms with van der Waals surface area (Å²) in [7, 11) is 1.64. The average molecular weight is 363 g/mol. The topological polar surface area (TPSA) is 88.2 Å². The lowest BCUT2D eigenvalue weighted by Crippen LogP contribution is -2.05. The van der Waals surface area contributed by atoms with Crippen LogP contribution in [0.3, 0.4) is 0 Å².